The molecule has 142 valence electrons. The van der Waals surface area contributed by atoms with Gasteiger partial charge < -0.3 is 9.47 Å². The fraction of sp³-hybridized carbons (Fsp3) is 0.400. The van der Waals surface area contributed by atoms with Crippen LogP contribution in [0.1, 0.15) is 28.9 Å². The molecule has 0 radical (unpaired) electrons. The Morgan fingerprint density at radius 2 is 2.00 bits per heavy atom. The summed E-state index contributed by atoms with van der Waals surface area (Å²) >= 11 is 0. The van der Waals surface area contributed by atoms with Gasteiger partial charge in [-0.3, -0.25) is 9.58 Å². The number of hydrogen-bond acceptors (Lipinski definition) is 5. The van der Waals surface area contributed by atoms with Crippen LogP contribution in [-0.4, -0.2) is 44.7 Å². The van der Waals surface area contributed by atoms with Gasteiger partial charge in [-0.25, -0.2) is 4.68 Å². The van der Waals surface area contributed by atoms with Gasteiger partial charge in [0.2, 0.25) is 0 Å². The first kappa shape index (κ1) is 17.6. The molecule has 0 N–H and O–H groups in total. The number of methoxy groups -OCH3 is 1. The van der Waals surface area contributed by atoms with Crippen molar-refractivity contribution in [2.24, 2.45) is 0 Å². The lowest BCUT2D eigenvalue weighted by Crippen LogP contribution is -2.28. The van der Waals surface area contributed by atoms with Crippen LogP contribution in [0.2, 0.25) is 0 Å². The van der Waals surface area contributed by atoms with Crippen LogP contribution < -0.4 is 9.47 Å². The highest BCUT2D eigenvalue weighted by atomic mass is 16.5. The molecule has 1 aromatic carbocycles. The summed E-state index contributed by atoms with van der Waals surface area (Å²) in [4.78, 5) is 2.47. The summed E-state index contributed by atoms with van der Waals surface area (Å²) in [6.45, 7) is 7.67. The Morgan fingerprint density at radius 1 is 1.19 bits per heavy atom. The zero-order valence-corrected chi connectivity index (χ0v) is 16.1. The summed E-state index contributed by atoms with van der Waals surface area (Å²) in [5.74, 6) is 1.68. The monoisotopic (exact) mass is 367 g/mol. The van der Waals surface area contributed by atoms with Gasteiger partial charge in [0.1, 0.15) is 12.7 Å². The molecular weight excluding hydrogens is 342 g/mol. The van der Waals surface area contributed by atoms with E-state index in [1.165, 1.54) is 22.5 Å². The van der Waals surface area contributed by atoms with Gasteiger partial charge in [0.25, 0.3) is 0 Å². The van der Waals surface area contributed by atoms with Crippen molar-refractivity contribution in [3.63, 3.8) is 0 Å². The van der Waals surface area contributed by atoms with Crippen LogP contribution in [0.5, 0.6) is 11.5 Å². The zero-order chi connectivity index (χ0) is 18.8. The van der Waals surface area contributed by atoms with Crippen molar-refractivity contribution in [1.29, 1.82) is 0 Å². The molecule has 0 bridgehead atoms. The highest BCUT2D eigenvalue weighted by molar-refractivity contribution is 5.46. The van der Waals surface area contributed by atoms with Gasteiger partial charge in [0.05, 0.1) is 13.7 Å². The minimum absolute atomic E-state index is 0.698. The van der Waals surface area contributed by atoms with Crippen LogP contribution >= 0.6 is 0 Å². The first-order valence-electron chi connectivity index (χ1n) is 9.21. The fourth-order valence-corrected chi connectivity index (χ4v) is 3.80. The second-order valence-electron chi connectivity index (χ2n) is 6.91. The number of fused-ring (bicyclic) bond motifs is 1. The fourth-order valence-electron chi connectivity index (χ4n) is 3.80. The molecule has 3 aromatic rings. The van der Waals surface area contributed by atoms with E-state index in [0.717, 1.165) is 37.6 Å². The number of para-hydroxylation sites is 1. The molecule has 27 heavy (non-hydrogen) atoms. The number of nitrogens with zero attached hydrogens (tertiary/aromatic N) is 5. The maximum absolute atomic E-state index is 5.97. The van der Waals surface area contributed by atoms with Gasteiger partial charge >= 0.3 is 0 Å². The van der Waals surface area contributed by atoms with Crippen LogP contribution in [0.15, 0.2) is 36.9 Å². The van der Waals surface area contributed by atoms with Crippen LogP contribution in [0.4, 0.5) is 0 Å². The predicted octanol–water partition coefficient (Wildman–Crippen LogP) is 2.80. The van der Waals surface area contributed by atoms with E-state index in [2.05, 4.69) is 45.8 Å². The Morgan fingerprint density at radius 3 is 2.78 bits per heavy atom. The van der Waals surface area contributed by atoms with Crippen LogP contribution in [0.3, 0.4) is 0 Å². The molecule has 0 saturated carbocycles. The van der Waals surface area contributed by atoms with Gasteiger partial charge in [0, 0.05) is 36.6 Å². The van der Waals surface area contributed by atoms with Gasteiger partial charge in [0.15, 0.2) is 11.5 Å². The normalized spacial score (nSPS) is 14.9. The summed E-state index contributed by atoms with van der Waals surface area (Å²) in [5, 5.41) is 7.85. The first-order chi connectivity index (χ1) is 13.2. The number of aryl methyl sites for hydroxylation is 1. The molecule has 7 nitrogen and oxygen atoms in total. The number of benzene rings is 1. The van der Waals surface area contributed by atoms with E-state index in [9.17, 15) is 0 Å². The van der Waals surface area contributed by atoms with Crippen molar-refractivity contribution < 1.29 is 9.47 Å². The number of hydrogen-bond donors (Lipinski definition) is 0. The third-order valence-electron chi connectivity index (χ3n) is 5.07. The van der Waals surface area contributed by atoms with E-state index >= 15 is 0 Å². The van der Waals surface area contributed by atoms with Crippen molar-refractivity contribution in [3.8, 4) is 11.5 Å². The third kappa shape index (κ3) is 3.42. The second-order valence-corrected chi connectivity index (χ2v) is 6.91. The molecule has 0 unspecified atom stereocenters. The Balaban J connectivity index is 1.60. The predicted molar refractivity (Wildman–Crippen MR) is 102 cm³/mol. The summed E-state index contributed by atoms with van der Waals surface area (Å²) in [6.07, 6.45) is 4.43. The molecule has 1 aliphatic heterocycles. The van der Waals surface area contributed by atoms with Gasteiger partial charge in [-0.05, 0) is 38.0 Å². The average Bonchev–Trinajstić information content (AvgIpc) is 3.25. The summed E-state index contributed by atoms with van der Waals surface area (Å²) in [7, 11) is 1.69. The van der Waals surface area contributed by atoms with Crippen molar-refractivity contribution in [1.82, 2.24) is 24.4 Å². The Hall–Kier alpha value is -2.80. The van der Waals surface area contributed by atoms with E-state index < -0.39 is 0 Å². The highest BCUT2D eigenvalue weighted by Crippen LogP contribution is 2.33. The molecule has 0 saturated heterocycles. The topological polar surface area (TPSA) is 57.3 Å². The Kier molecular flexibility index (Phi) is 4.85. The van der Waals surface area contributed by atoms with E-state index in [0.29, 0.717) is 6.61 Å². The molecule has 2 aromatic heterocycles. The Labute approximate surface area is 159 Å². The largest absolute Gasteiger partial charge is 0.493 e. The molecule has 0 atom stereocenters. The lowest BCUT2D eigenvalue weighted by molar-refractivity contribution is 0.195. The maximum Gasteiger partial charge on any atom is 0.165 e. The van der Waals surface area contributed by atoms with E-state index in [1.54, 1.807) is 19.8 Å². The summed E-state index contributed by atoms with van der Waals surface area (Å²) in [6, 6.07) is 8.35. The minimum Gasteiger partial charge on any atom is -0.493 e. The second kappa shape index (κ2) is 7.44. The number of aromatic nitrogens is 4. The van der Waals surface area contributed by atoms with Crippen molar-refractivity contribution in [2.45, 2.75) is 33.4 Å². The lowest BCUT2D eigenvalue weighted by atomic mass is 10.1. The standard InChI is InChI=1S/C20H25N5O2/c1-15-10-18(16(2)25(15)24-13-21-22-14-24)12-23-8-5-9-27-20-17(11-23)6-4-7-19(20)26-3/h4,6-7,10,13-14H,5,8-9,11-12H2,1-3H3. The average molecular weight is 367 g/mol. The molecular formula is C20H25N5O2. The zero-order valence-electron chi connectivity index (χ0n) is 16.1. The minimum atomic E-state index is 0.698. The van der Waals surface area contributed by atoms with Crippen molar-refractivity contribution in [3.05, 3.63) is 59.4 Å². The van der Waals surface area contributed by atoms with E-state index in [1.807, 2.05) is 16.8 Å². The molecule has 0 aliphatic carbocycles. The molecule has 0 fully saturated rings. The molecule has 0 spiro atoms. The van der Waals surface area contributed by atoms with Crippen LogP contribution in [0.25, 0.3) is 0 Å². The quantitative estimate of drug-likeness (QED) is 0.710. The molecule has 4 rings (SSSR count). The maximum atomic E-state index is 5.97. The molecule has 1 aliphatic rings. The number of ether oxygens (including phenoxy) is 2. The summed E-state index contributed by atoms with van der Waals surface area (Å²) in [5.41, 5.74) is 4.85. The first-order valence-corrected chi connectivity index (χ1v) is 9.21. The Bertz CT molecular complexity index is 917. The van der Waals surface area contributed by atoms with Gasteiger partial charge in [-0.1, -0.05) is 12.1 Å². The lowest BCUT2D eigenvalue weighted by Gasteiger charge is -2.27. The van der Waals surface area contributed by atoms with Crippen LogP contribution in [-0.2, 0) is 13.1 Å². The van der Waals surface area contributed by atoms with E-state index in [4.69, 9.17) is 9.47 Å². The molecule has 7 heteroatoms. The smallest absolute Gasteiger partial charge is 0.165 e. The van der Waals surface area contributed by atoms with Crippen molar-refractivity contribution in [2.75, 3.05) is 20.3 Å². The van der Waals surface area contributed by atoms with E-state index in [-0.39, 0.29) is 0 Å². The highest BCUT2D eigenvalue weighted by Gasteiger charge is 2.19. The third-order valence-corrected chi connectivity index (χ3v) is 5.07. The van der Waals surface area contributed by atoms with Gasteiger partial charge in [-0.2, -0.15) is 0 Å². The van der Waals surface area contributed by atoms with Crippen molar-refractivity contribution >= 4 is 0 Å². The van der Waals surface area contributed by atoms with Gasteiger partial charge in [-0.15, -0.1) is 10.2 Å². The number of rotatable bonds is 4. The SMILES string of the molecule is COc1cccc2c1OCCCN(Cc1cc(C)n(-n3cnnc3)c1C)C2. The summed E-state index contributed by atoms with van der Waals surface area (Å²) < 4.78 is 15.5. The molecule has 0 amide bonds. The molecule has 3 heterocycles. The van der Waals surface area contributed by atoms with Crippen LogP contribution in [0, 0.1) is 13.8 Å².